The number of aliphatic hydroxyl groups excluding tert-OH is 1. The first-order valence-corrected chi connectivity index (χ1v) is 10.5. The molecule has 0 aromatic carbocycles. The lowest BCUT2D eigenvalue weighted by atomic mass is 9.49. The molecule has 4 aliphatic carbocycles. The van der Waals surface area contributed by atoms with Crippen LogP contribution in [-0.2, 0) is 9.47 Å². The van der Waals surface area contributed by atoms with E-state index in [1.165, 1.54) is 38.5 Å². The van der Waals surface area contributed by atoms with Crippen LogP contribution < -0.4 is 0 Å². The molecule has 5 rings (SSSR count). The Labute approximate surface area is 146 Å². The average molecular weight is 335 g/mol. The highest BCUT2D eigenvalue weighted by Gasteiger charge is 2.66. The predicted molar refractivity (Wildman–Crippen MR) is 92.3 cm³/mol. The molecule has 3 heteroatoms. The van der Waals surface area contributed by atoms with Crippen molar-refractivity contribution in [3.63, 3.8) is 0 Å². The minimum Gasteiger partial charge on any atom is -0.393 e. The zero-order valence-corrected chi connectivity index (χ0v) is 15.4. The molecule has 5 fully saturated rings. The van der Waals surface area contributed by atoms with Gasteiger partial charge in [0.15, 0.2) is 5.79 Å². The molecule has 0 bridgehead atoms. The first kappa shape index (κ1) is 16.1. The number of hydrogen-bond donors (Lipinski definition) is 1. The maximum absolute atomic E-state index is 11.0. The van der Waals surface area contributed by atoms with Gasteiger partial charge in [0.25, 0.3) is 0 Å². The monoisotopic (exact) mass is 334 g/mol. The Bertz CT molecular complexity index is 499. The molecule has 136 valence electrons. The summed E-state index contributed by atoms with van der Waals surface area (Å²) in [4.78, 5) is 0. The Balaban J connectivity index is 1.44. The van der Waals surface area contributed by atoms with E-state index in [-0.39, 0.29) is 17.3 Å². The number of rotatable bonds is 0. The fraction of sp³-hybridized carbons (Fsp3) is 1.00. The van der Waals surface area contributed by atoms with Crippen LogP contribution in [0, 0.1) is 40.9 Å². The zero-order chi connectivity index (χ0) is 16.5. The van der Waals surface area contributed by atoms with Gasteiger partial charge in [-0.1, -0.05) is 20.3 Å². The summed E-state index contributed by atoms with van der Waals surface area (Å²) in [5.41, 5.74) is 0.166. The van der Waals surface area contributed by atoms with Crippen molar-refractivity contribution in [1.82, 2.24) is 0 Å². The molecule has 1 saturated heterocycles. The second-order valence-corrected chi connectivity index (χ2v) is 9.93. The molecule has 1 heterocycles. The van der Waals surface area contributed by atoms with Crippen LogP contribution in [0.3, 0.4) is 0 Å². The third kappa shape index (κ3) is 2.01. The van der Waals surface area contributed by atoms with E-state index in [0.717, 1.165) is 43.8 Å². The van der Waals surface area contributed by atoms with E-state index < -0.39 is 0 Å². The summed E-state index contributed by atoms with van der Waals surface area (Å²) in [5.74, 6) is 4.09. The van der Waals surface area contributed by atoms with E-state index in [9.17, 15) is 5.11 Å². The zero-order valence-electron chi connectivity index (χ0n) is 15.4. The van der Waals surface area contributed by atoms with E-state index >= 15 is 0 Å². The minimum absolute atomic E-state index is 0.0664. The van der Waals surface area contributed by atoms with Gasteiger partial charge in [0.05, 0.1) is 19.3 Å². The standard InChI is InChI=1S/C21H34O3/c1-13-3-4-14-15-5-7-20(2)18(6-8-21(20)23-9-10-24-21)16(15)12-19(22)17(14)11-13/h13-19,22H,3-12H2,1-2H3/t13-,14+,15+,16+,17?,18-,19?,20-/m0/s1. The number of fused-ring (bicyclic) bond motifs is 6. The smallest absolute Gasteiger partial charge is 0.174 e. The molecule has 1 aliphatic heterocycles. The van der Waals surface area contributed by atoms with Gasteiger partial charge in [-0.05, 0) is 74.0 Å². The summed E-state index contributed by atoms with van der Waals surface area (Å²) in [6.07, 6.45) is 9.84. The number of aliphatic hydroxyl groups is 1. The molecule has 1 N–H and O–H groups in total. The third-order valence-corrected chi connectivity index (χ3v) is 9.07. The molecule has 0 amide bonds. The maximum atomic E-state index is 11.0. The van der Waals surface area contributed by atoms with Crippen molar-refractivity contribution in [2.24, 2.45) is 40.9 Å². The Hall–Kier alpha value is -0.120. The molecular formula is C21H34O3. The van der Waals surface area contributed by atoms with Gasteiger partial charge in [0.1, 0.15) is 0 Å². The lowest BCUT2D eigenvalue weighted by Gasteiger charge is -2.58. The number of hydrogen-bond acceptors (Lipinski definition) is 3. The molecule has 3 nitrogen and oxygen atoms in total. The summed E-state index contributed by atoms with van der Waals surface area (Å²) in [6, 6.07) is 0. The van der Waals surface area contributed by atoms with Gasteiger partial charge >= 0.3 is 0 Å². The Morgan fingerprint density at radius 3 is 2.38 bits per heavy atom. The Morgan fingerprint density at radius 2 is 1.58 bits per heavy atom. The molecule has 0 aromatic rings. The first-order chi connectivity index (χ1) is 11.5. The molecule has 0 aromatic heterocycles. The molecule has 2 unspecified atom stereocenters. The molecule has 1 spiro atoms. The van der Waals surface area contributed by atoms with Gasteiger partial charge in [0.2, 0.25) is 0 Å². The van der Waals surface area contributed by atoms with Gasteiger partial charge in [0, 0.05) is 11.8 Å². The van der Waals surface area contributed by atoms with Crippen molar-refractivity contribution in [3.05, 3.63) is 0 Å². The van der Waals surface area contributed by atoms with Crippen LogP contribution in [0.2, 0.25) is 0 Å². The quantitative estimate of drug-likeness (QED) is 0.728. The van der Waals surface area contributed by atoms with Crippen molar-refractivity contribution in [1.29, 1.82) is 0 Å². The summed E-state index contributed by atoms with van der Waals surface area (Å²) < 4.78 is 12.4. The van der Waals surface area contributed by atoms with Crippen molar-refractivity contribution >= 4 is 0 Å². The molecular weight excluding hydrogens is 300 g/mol. The van der Waals surface area contributed by atoms with E-state index in [4.69, 9.17) is 9.47 Å². The highest BCUT2D eigenvalue weighted by atomic mass is 16.7. The Kier molecular flexibility index (Phi) is 3.64. The summed E-state index contributed by atoms with van der Waals surface area (Å²) in [7, 11) is 0. The third-order valence-electron chi connectivity index (χ3n) is 9.07. The largest absolute Gasteiger partial charge is 0.393 e. The SMILES string of the molecule is C[C@H]1CC[C@H]2C(C1)C(O)C[C@@H]1[C@@H]2CC[C@@]2(C)[C@H]1CCC21OCCO1. The summed E-state index contributed by atoms with van der Waals surface area (Å²) in [5, 5.41) is 11.0. The van der Waals surface area contributed by atoms with E-state index in [1.807, 2.05) is 0 Å². The molecule has 4 saturated carbocycles. The van der Waals surface area contributed by atoms with Crippen LogP contribution in [-0.4, -0.2) is 30.2 Å². The van der Waals surface area contributed by atoms with Crippen LogP contribution in [0.5, 0.6) is 0 Å². The molecule has 8 atom stereocenters. The minimum atomic E-state index is -0.300. The molecule has 5 aliphatic rings. The number of ether oxygens (including phenoxy) is 2. The lowest BCUT2D eigenvalue weighted by molar-refractivity contribution is -0.246. The topological polar surface area (TPSA) is 38.7 Å². The fourth-order valence-electron chi connectivity index (χ4n) is 7.95. The van der Waals surface area contributed by atoms with E-state index in [0.29, 0.717) is 17.8 Å². The summed E-state index contributed by atoms with van der Waals surface area (Å²) >= 11 is 0. The van der Waals surface area contributed by atoms with Crippen LogP contribution in [0.25, 0.3) is 0 Å². The van der Waals surface area contributed by atoms with Crippen molar-refractivity contribution in [2.75, 3.05) is 13.2 Å². The van der Waals surface area contributed by atoms with Gasteiger partial charge in [-0.25, -0.2) is 0 Å². The van der Waals surface area contributed by atoms with Gasteiger partial charge in [-0.2, -0.15) is 0 Å². The predicted octanol–water partition coefficient (Wildman–Crippen LogP) is 3.99. The van der Waals surface area contributed by atoms with E-state index in [2.05, 4.69) is 13.8 Å². The van der Waals surface area contributed by atoms with Crippen LogP contribution >= 0.6 is 0 Å². The van der Waals surface area contributed by atoms with Gasteiger partial charge in [-0.15, -0.1) is 0 Å². The molecule has 24 heavy (non-hydrogen) atoms. The van der Waals surface area contributed by atoms with E-state index in [1.54, 1.807) is 0 Å². The van der Waals surface area contributed by atoms with Crippen molar-refractivity contribution < 1.29 is 14.6 Å². The normalized spacial score (nSPS) is 55.9. The van der Waals surface area contributed by atoms with Crippen LogP contribution in [0.1, 0.15) is 65.2 Å². The average Bonchev–Trinajstić information content (AvgIpc) is 3.15. The van der Waals surface area contributed by atoms with Crippen LogP contribution in [0.4, 0.5) is 0 Å². The first-order valence-electron chi connectivity index (χ1n) is 10.5. The van der Waals surface area contributed by atoms with Crippen LogP contribution in [0.15, 0.2) is 0 Å². The second kappa shape index (κ2) is 5.44. The second-order valence-electron chi connectivity index (χ2n) is 9.93. The molecule has 0 radical (unpaired) electrons. The Morgan fingerprint density at radius 1 is 0.833 bits per heavy atom. The van der Waals surface area contributed by atoms with Crippen molar-refractivity contribution in [2.45, 2.75) is 77.1 Å². The lowest BCUT2D eigenvalue weighted by Crippen LogP contribution is -2.56. The fourth-order valence-corrected chi connectivity index (χ4v) is 7.95. The van der Waals surface area contributed by atoms with Crippen molar-refractivity contribution in [3.8, 4) is 0 Å². The summed E-state index contributed by atoms with van der Waals surface area (Å²) in [6.45, 7) is 6.35. The highest BCUT2D eigenvalue weighted by molar-refractivity contribution is 5.11. The maximum Gasteiger partial charge on any atom is 0.174 e. The van der Waals surface area contributed by atoms with Gasteiger partial charge in [-0.3, -0.25) is 0 Å². The van der Waals surface area contributed by atoms with Gasteiger partial charge < -0.3 is 14.6 Å². The highest BCUT2D eigenvalue weighted by Crippen LogP contribution is 2.67.